The van der Waals surface area contributed by atoms with Crippen LogP contribution >= 0.6 is 0 Å². The molecule has 2 nitrogen and oxygen atoms in total. The summed E-state index contributed by atoms with van der Waals surface area (Å²) in [6.45, 7) is 6.82. The lowest BCUT2D eigenvalue weighted by Gasteiger charge is -2.32. The van der Waals surface area contributed by atoms with Gasteiger partial charge in [-0.05, 0) is 62.1 Å². The molecule has 0 bridgehead atoms. The lowest BCUT2D eigenvalue weighted by atomic mass is 9.79. The fraction of sp³-hybridized carbons (Fsp3) is 0.647. The molecule has 1 aromatic carbocycles. The van der Waals surface area contributed by atoms with Crippen LogP contribution in [0.5, 0.6) is 5.75 Å². The number of benzene rings is 1. The molecule has 0 atom stereocenters. The molecule has 0 spiro atoms. The monoisotopic (exact) mass is 261 g/mol. The second-order valence-electron chi connectivity index (χ2n) is 6.20. The van der Waals surface area contributed by atoms with E-state index in [0.717, 1.165) is 23.3 Å². The van der Waals surface area contributed by atoms with Crippen molar-refractivity contribution >= 4 is 5.69 Å². The first-order valence-electron chi connectivity index (χ1n) is 7.51. The van der Waals surface area contributed by atoms with Crippen LogP contribution < -0.4 is 10.1 Å². The molecule has 0 aliphatic heterocycles. The number of methoxy groups -OCH3 is 1. The highest BCUT2D eigenvalue weighted by Gasteiger charge is 2.23. The highest BCUT2D eigenvalue weighted by atomic mass is 16.5. The van der Waals surface area contributed by atoms with Crippen LogP contribution in [0.4, 0.5) is 5.69 Å². The Morgan fingerprint density at radius 3 is 2.42 bits per heavy atom. The van der Waals surface area contributed by atoms with E-state index in [1.807, 2.05) is 0 Å². The molecule has 2 rings (SSSR count). The SMILES string of the molecule is COc1ccc(C)cc1NC1CCC(C(C)C)CC1. The number of anilines is 1. The highest BCUT2D eigenvalue weighted by Crippen LogP contribution is 2.33. The molecule has 106 valence electrons. The minimum absolute atomic E-state index is 0.602. The summed E-state index contributed by atoms with van der Waals surface area (Å²) >= 11 is 0. The van der Waals surface area contributed by atoms with Gasteiger partial charge in [0.1, 0.15) is 5.75 Å². The normalized spacial score (nSPS) is 23.4. The maximum Gasteiger partial charge on any atom is 0.141 e. The van der Waals surface area contributed by atoms with E-state index in [1.54, 1.807) is 7.11 Å². The summed E-state index contributed by atoms with van der Waals surface area (Å²) < 4.78 is 5.44. The first-order valence-corrected chi connectivity index (χ1v) is 7.51. The Morgan fingerprint density at radius 2 is 1.84 bits per heavy atom. The highest BCUT2D eigenvalue weighted by molar-refractivity contribution is 5.58. The van der Waals surface area contributed by atoms with Gasteiger partial charge >= 0.3 is 0 Å². The molecule has 2 heteroatoms. The molecule has 0 unspecified atom stereocenters. The largest absolute Gasteiger partial charge is 0.495 e. The van der Waals surface area contributed by atoms with Gasteiger partial charge in [-0.3, -0.25) is 0 Å². The van der Waals surface area contributed by atoms with E-state index in [1.165, 1.54) is 31.2 Å². The summed E-state index contributed by atoms with van der Waals surface area (Å²) in [5.41, 5.74) is 2.43. The van der Waals surface area contributed by atoms with E-state index in [9.17, 15) is 0 Å². The van der Waals surface area contributed by atoms with Crippen LogP contribution in [0.3, 0.4) is 0 Å². The van der Waals surface area contributed by atoms with Crippen LogP contribution in [0.15, 0.2) is 18.2 Å². The van der Waals surface area contributed by atoms with Gasteiger partial charge in [-0.2, -0.15) is 0 Å². The fourth-order valence-electron chi connectivity index (χ4n) is 3.08. The number of hydrogen-bond donors (Lipinski definition) is 1. The van der Waals surface area contributed by atoms with Gasteiger partial charge in [0.15, 0.2) is 0 Å². The third-order valence-corrected chi connectivity index (χ3v) is 4.43. The molecule has 1 aliphatic carbocycles. The van der Waals surface area contributed by atoms with Gasteiger partial charge in [-0.25, -0.2) is 0 Å². The Hall–Kier alpha value is -1.18. The molecule has 1 N–H and O–H groups in total. The van der Waals surface area contributed by atoms with Crippen LogP contribution in [0.25, 0.3) is 0 Å². The number of ether oxygens (including phenoxy) is 1. The third kappa shape index (κ3) is 3.65. The maximum atomic E-state index is 5.44. The lowest BCUT2D eigenvalue weighted by molar-refractivity contribution is 0.266. The molecule has 0 amide bonds. The minimum Gasteiger partial charge on any atom is -0.495 e. The maximum absolute atomic E-state index is 5.44. The van der Waals surface area contributed by atoms with Crippen molar-refractivity contribution in [1.29, 1.82) is 0 Å². The zero-order valence-electron chi connectivity index (χ0n) is 12.7. The van der Waals surface area contributed by atoms with Crippen molar-refractivity contribution in [2.24, 2.45) is 11.8 Å². The van der Waals surface area contributed by atoms with Gasteiger partial charge in [0, 0.05) is 6.04 Å². The summed E-state index contributed by atoms with van der Waals surface area (Å²) in [6.07, 6.45) is 5.26. The number of hydrogen-bond acceptors (Lipinski definition) is 2. The fourth-order valence-corrected chi connectivity index (χ4v) is 3.08. The Balaban J connectivity index is 1.97. The van der Waals surface area contributed by atoms with E-state index in [4.69, 9.17) is 4.74 Å². The van der Waals surface area contributed by atoms with Crippen molar-refractivity contribution in [3.05, 3.63) is 23.8 Å². The molecule has 0 saturated heterocycles. The molecule has 1 fully saturated rings. The second-order valence-corrected chi connectivity index (χ2v) is 6.20. The molecular weight excluding hydrogens is 234 g/mol. The van der Waals surface area contributed by atoms with E-state index in [2.05, 4.69) is 44.3 Å². The predicted molar refractivity (Wildman–Crippen MR) is 81.9 cm³/mol. The molecule has 0 heterocycles. The quantitative estimate of drug-likeness (QED) is 0.853. The Bertz CT molecular complexity index is 406. The van der Waals surface area contributed by atoms with Crippen molar-refractivity contribution in [1.82, 2.24) is 0 Å². The second kappa shape index (κ2) is 6.31. The summed E-state index contributed by atoms with van der Waals surface area (Å²) in [7, 11) is 1.74. The van der Waals surface area contributed by atoms with Gasteiger partial charge < -0.3 is 10.1 Å². The van der Waals surface area contributed by atoms with Crippen LogP contribution in [0.1, 0.15) is 45.1 Å². The van der Waals surface area contributed by atoms with Crippen molar-refractivity contribution < 1.29 is 4.74 Å². The number of aryl methyl sites for hydroxylation is 1. The molecule has 1 aliphatic rings. The summed E-state index contributed by atoms with van der Waals surface area (Å²) in [4.78, 5) is 0. The Labute approximate surface area is 117 Å². The van der Waals surface area contributed by atoms with Gasteiger partial charge in [-0.15, -0.1) is 0 Å². The van der Waals surface area contributed by atoms with Crippen LogP contribution in [-0.2, 0) is 0 Å². The molecule has 19 heavy (non-hydrogen) atoms. The topological polar surface area (TPSA) is 21.3 Å². The predicted octanol–water partition coefficient (Wildman–Crippen LogP) is 4.63. The Kier molecular flexibility index (Phi) is 4.73. The minimum atomic E-state index is 0.602. The van der Waals surface area contributed by atoms with Gasteiger partial charge in [0.25, 0.3) is 0 Å². The van der Waals surface area contributed by atoms with Crippen molar-refractivity contribution in [2.75, 3.05) is 12.4 Å². The van der Waals surface area contributed by atoms with Crippen molar-refractivity contribution in [3.8, 4) is 5.75 Å². The van der Waals surface area contributed by atoms with Gasteiger partial charge in [0.05, 0.1) is 12.8 Å². The van der Waals surface area contributed by atoms with Crippen LogP contribution in [0.2, 0.25) is 0 Å². The van der Waals surface area contributed by atoms with E-state index in [0.29, 0.717) is 6.04 Å². The Morgan fingerprint density at radius 1 is 1.16 bits per heavy atom. The standard InChI is InChI=1S/C17H27NO/c1-12(2)14-6-8-15(9-7-14)18-16-11-13(3)5-10-17(16)19-4/h5,10-12,14-15,18H,6-9H2,1-4H3. The van der Waals surface area contributed by atoms with Gasteiger partial charge in [-0.1, -0.05) is 19.9 Å². The van der Waals surface area contributed by atoms with Crippen molar-refractivity contribution in [2.45, 2.75) is 52.5 Å². The first-order chi connectivity index (χ1) is 9.10. The van der Waals surface area contributed by atoms with E-state index < -0.39 is 0 Å². The summed E-state index contributed by atoms with van der Waals surface area (Å²) in [6, 6.07) is 6.94. The molecule has 0 aromatic heterocycles. The number of rotatable bonds is 4. The van der Waals surface area contributed by atoms with Crippen LogP contribution in [0, 0.1) is 18.8 Å². The smallest absolute Gasteiger partial charge is 0.141 e. The molecule has 1 saturated carbocycles. The molecule has 0 radical (unpaired) electrons. The summed E-state index contributed by atoms with van der Waals surface area (Å²) in [5, 5.41) is 3.68. The van der Waals surface area contributed by atoms with Gasteiger partial charge in [0.2, 0.25) is 0 Å². The summed E-state index contributed by atoms with van der Waals surface area (Å²) in [5.74, 6) is 2.70. The zero-order chi connectivity index (χ0) is 13.8. The first kappa shape index (κ1) is 14.2. The average molecular weight is 261 g/mol. The van der Waals surface area contributed by atoms with E-state index >= 15 is 0 Å². The molecular formula is C17H27NO. The molecule has 1 aromatic rings. The third-order valence-electron chi connectivity index (χ3n) is 4.43. The van der Waals surface area contributed by atoms with E-state index in [-0.39, 0.29) is 0 Å². The van der Waals surface area contributed by atoms with Crippen LogP contribution in [-0.4, -0.2) is 13.2 Å². The number of nitrogens with one attached hydrogen (secondary N) is 1. The zero-order valence-corrected chi connectivity index (χ0v) is 12.7. The average Bonchev–Trinajstić information content (AvgIpc) is 2.39. The van der Waals surface area contributed by atoms with Crippen molar-refractivity contribution in [3.63, 3.8) is 0 Å². The lowest BCUT2D eigenvalue weighted by Crippen LogP contribution is -2.28.